The van der Waals surface area contributed by atoms with E-state index in [1.807, 2.05) is 18.4 Å². The third kappa shape index (κ3) is 2.26. The molecule has 1 heterocycles. The van der Waals surface area contributed by atoms with E-state index in [0.29, 0.717) is 16.2 Å². The minimum Gasteiger partial charge on any atom is -0.495 e. The summed E-state index contributed by atoms with van der Waals surface area (Å²) in [5.74, 6) is 0.210. The molecule has 0 aliphatic heterocycles. The highest BCUT2D eigenvalue weighted by atomic mass is 32.1. The van der Waals surface area contributed by atoms with Crippen LogP contribution in [0.2, 0.25) is 0 Å². The molecule has 2 rings (SSSR count). The number of methoxy groups -OCH3 is 1. The van der Waals surface area contributed by atoms with E-state index in [-0.39, 0.29) is 5.82 Å². The first-order chi connectivity index (χ1) is 8.54. The number of benzene rings is 1. The van der Waals surface area contributed by atoms with Gasteiger partial charge in [-0.1, -0.05) is 6.07 Å². The van der Waals surface area contributed by atoms with Gasteiger partial charge in [-0.05, 0) is 42.5 Å². The molecule has 0 saturated carbocycles. The molecular formula is C14H15FO2S. The van der Waals surface area contributed by atoms with Gasteiger partial charge in [0.15, 0.2) is 0 Å². The maximum Gasteiger partial charge on any atom is 0.135 e. The molecule has 0 saturated heterocycles. The Morgan fingerprint density at radius 1 is 1.33 bits per heavy atom. The monoisotopic (exact) mass is 266 g/mol. The molecule has 0 fully saturated rings. The number of rotatable bonds is 3. The lowest BCUT2D eigenvalue weighted by Gasteiger charge is -2.15. The topological polar surface area (TPSA) is 29.5 Å². The van der Waals surface area contributed by atoms with Gasteiger partial charge in [-0.2, -0.15) is 0 Å². The summed E-state index contributed by atoms with van der Waals surface area (Å²) >= 11 is 1.36. The van der Waals surface area contributed by atoms with Crippen molar-refractivity contribution in [2.24, 2.45) is 0 Å². The molecule has 4 heteroatoms. The Hall–Kier alpha value is -1.39. The van der Waals surface area contributed by atoms with E-state index in [2.05, 4.69) is 0 Å². The standard InChI is InChI=1S/C14H15FO2S/c1-8-6-9(2)12(10(15)7-8)13(16)14-11(17-3)4-5-18-14/h4-7,13,16H,1-3H3. The summed E-state index contributed by atoms with van der Waals surface area (Å²) in [4.78, 5) is 0.628. The van der Waals surface area contributed by atoms with Crippen LogP contribution in [0, 0.1) is 19.7 Å². The maximum absolute atomic E-state index is 14.0. The van der Waals surface area contributed by atoms with Crippen LogP contribution in [-0.4, -0.2) is 12.2 Å². The van der Waals surface area contributed by atoms with E-state index in [0.717, 1.165) is 11.1 Å². The largest absolute Gasteiger partial charge is 0.495 e. The summed E-state index contributed by atoms with van der Waals surface area (Å²) in [5.41, 5.74) is 1.91. The van der Waals surface area contributed by atoms with E-state index in [4.69, 9.17) is 4.74 Å². The van der Waals surface area contributed by atoms with Crippen LogP contribution in [-0.2, 0) is 0 Å². The molecule has 0 aliphatic rings. The normalized spacial score (nSPS) is 12.5. The lowest BCUT2D eigenvalue weighted by molar-refractivity contribution is 0.213. The summed E-state index contributed by atoms with van der Waals surface area (Å²) in [5, 5.41) is 12.2. The van der Waals surface area contributed by atoms with Crippen molar-refractivity contribution in [1.82, 2.24) is 0 Å². The second-order valence-electron chi connectivity index (χ2n) is 4.23. The van der Waals surface area contributed by atoms with Crippen molar-refractivity contribution in [2.45, 2.75) is 20.0 Å². The maximum atomic E-state index is 14.0. The first-order valence-electron chi connectivity index (χ1n) is 5.60. The van der Waals surface area contributed by atoms with Crippen LogP contribution in [0.1, 0.15) is 27.7 Å². The number of thiophene rings is 1. The average molecular weight is 266 g/mol. The first kappa shape index (κ1) is 13.1. The first-order valence-corrected chi connectivity index (χ1v) is 6.48. The lowest BCUT2D eigenvalue weighted by Crippen LogP contribution is -2.05. The highest BCUT2D eigenvalue weighted by Gasteiger charge is 2.22. The van der Waals surface area contributed by atoms with Crippen molar-refractivity contribution in [3.05, 3.63) is 51.0 Å². The van der Waals surface area contributed by atoms with E-state index in [9.17, 15) is 9.50 Å². The van der Waals surface area contributed by atoms with Crippen molar-refractivity contribution in [3.63, 3.8) is 0 Å². The number of aliphatic hydroxyl groups excluding tert-OH is 1. The lowest BCUT2D eigenvalue weighted by atomic mass is 9.99. The van der Waals surface area contributed by atoms with Gasteiger partial charge >= 0.3 is 0 Å². The van der Waals surface area contributed by atoms with Crippen LogP contribution in [0.5, 0.6) is 5.75 Å². The van der Waals surface area contributed by atoms with Crippen LogP contribution in [0.25, 0.3) is 0 Å². The molecule has 1 N–H and O–H groups in total. The van der Waals surface area contributed by atoms with Crippen LogP contribution < -0.4 is 4.74 Å². The van der Waals surface area contributed by atoms with E-state index < -0.39 is 6.10 Å². The zero-order valence-corrected chi connectivity index (χ0v) is 11.3. The number of aliphatic hydroxyl groups is 1. The van der Waals surface area contributed by atoms with Crippen molar-refractivity contribution in [3.8, 4) is 5.75 Å². The Kier molecular flexibility index (Phi) is 3.68. The van der Waals surface area contributed by atoms with Gasteiger partial charge in [0.2, 0.25) is 0 Å². The van der Waals surface area contributed by atoms with Gasteiger partial charge in [0.05, 0.1) is 12.0 Å². The zero-order valence-electron chi connectivity index (χ0n) is 10.5. The highest BCUT2D eigenvalue weighted by molar-refractivity contribution is 7.10. The summed E-state index contributed by atoms with van der Waals surface area (Å²) < 4.78 is 19.2. The molecule has 1 aromatic carbocycles. The highest BCUT2D eigenvalue weighted by Crippen LogP contribution is 2.37. The quantitative estimate of drug-likeness (QED) is 0.920. The molecule has 1 aromatic heterocycles. The molecule has 0 aliphatic carbocycles. The molecule has 0 spiro atoms. The second-order valence-corrected chi connectivity index (χ2v) is 5.18. The number of ether oxygens (including phenoxy) is 1. The Labute approximate surface area is 110 Å². The van der Waals surface area contributed by atoms with Crippen LogP contribution in [0.15, 0.2) is 23.6 Å². The Morgan fingerprint density at radius 3 is 2.67 bits per heavy atom. The van der Waals surface area contributed by atoms with Crippen molar-refractivity contribution in [1.29, 1.82) is 0 Å². The van der Waals surface area contributed by atoms with Gasteiger partial charge in [-0.25, -0.2) is 4.39 Å². The van der Waals surface area contributed by atoms with Gasteiger partial charge in [-0.15, -0.1) is 11.3 Å². The minimum absolute atomic E-state index is 0.321. The average Bonchev–Trinajstić information content (AvgIpc) is 2.75. The van der Waals surface area contributed by atoms with Crippen molar-refractivity contribution >= 4 is 11.3 Å². The van der Waals surface area contributed by atoms with Gasteiger partial charge in [-0.3, -0.25) is 0 Å². The third-order valence-corrected chi connectivity index (χ3v) is 3.83. The van der Waals surface area contributed by atoms with Crippen LogP contribution in [0.4, 0.5) is 4.39 Å². The molecule has 0 amide bonds. The molecule has 2 aromatic rings. The zero-order chi connectivity index (χ0) is 13.3. The number of aryl methyl sites for hydroxylation is 2. The summed E-state index contributed by atoms with van der Waals surface area (Å²) in [6.07, 6.45) is -0.986. The molecule has 0 radical (unpaired) electrons. The summed E-state index contributed by atoms with van der Waals surface area (Å²) in [6, 6.07) is 5.07. The smallest absolute Gasteiger partial charge is 0.135 e. The molecule has 1 unspecified atom stereocenters. The summed E-state index contributed by atoms with van der Waals surface area (Å²) in [7, 11) is 1.54. The second kappa shape index (κ2) is 5.08. The van der Waals surface area contributed by atoms with E-state index in [1.165, 1.54) is 24.5 Å². The molecule has 1 atom stereocenters. The number of hydrogen-bond donors (Lipinski definition) is 1. The molecule has 2 nitrogen and oxygen atoms in total. The van der Waals surface area contributed by atoms with Gasteiger partial charge < -0.3 is 9.84 Å². The van der Waals surface area contributed by atoms with Gasteiger partial charge in [0.1, 0.15) is 17.7 Å². The fourth-order valence-corrected chi connectivity index (χ4v) is 2.93. The van der Waals surface area contributed by atoms with Gasteiger partial charge in [0, 0.05) is 5.56 Å². The summed E-state index contributed by atoms with van der Waals surface area (Å²) in [6.45, 7) is 3.63. The van der Waals surface area contributed by atoms with E-state index in [1.54, 1.807) is 13.0 Å². The molecule has 96 valence electrons. The fourth-order valence-electron chi connectivity index (χ4n) is 2.08. The Bertz CT molecular complexity index is 540. The fraction of sp³-hybridized carbons (Fsp3) is 0.286. The van der Waals surface area contributed by atoms with Crippen LogP contribution in [0.3, 0.4) is 0 Å². The predicted octanol–water partition coefficient (Wildman–Crippen LogP) is 3.59. The predicted molar refractivity (Wildman–Crippen MR) is 70.8 cm³/mol. The molecule has 0 bridgehead atoms. The van der Waals surface area contributed by atoms with Gasteiger partial charge in [0.25, 0.3) is 0 Å². The van der Waals surface area contributed by atoms with Crippen molar-refractivity contribution in [2.75, 3.05) is 7.11 Å². The van der Waals surface area contributed by atoms with Crippen LogP contribution >= 0.6 is 11.3 Å². The SMILES string of the molecule is COc1ccsc1C(O)c1c(C)cc(C)cc1F. The molecule has 18 heavy (non-hydrogen) atoms. The van der Waals surface area contributed by atoms with E-state index >= 15 is 0 Å². The Balaban J connectivity index is 2.49. The molecular weight excluding hydrogens is 251 g/mol. The minimum atomic E-state index is -0.986. The Morgan fingerprint density at radius 2 is 2.06 bits per heavy atom. The number of halogens is 1. The van der Waals surface area contributed by atoms with Crippen molar-refractivity contribution < 1.29 is 14.2 Å². The third-order valence-electron chi connectivity index (χ3n) is 2.88. The number of hydrogen-bond acceptors (Lipinski definition) is 3.